The maximum absolute atomic E-state index is 12.1. The number of guanidine groups is 1. The van der Waals surface area contributed by atoms with Crippen molar-refractivity contribution >= 4 is 47.4 Å². The van der Waals surface area contributed by atoms with Crippen LogP contribution < -0.4 is 20.7 Å². The summed E-state index contributed by atoms with van der Waals surface area (Å²) >= 11 is 6.15. The Bertz CT molecular complexity index is 769. The number of halogens is 2. The molecule has 2 aromatic carbocycles. The third-order valence-electron chi connectivity index (χ3n) is 3.92. The number of hydrogen-bond acceptors (Lipinski definition) is 3. The largest absolute Gasteiger partial charge is 0.497 e. The Kier molecular flexibility index (Phi) is 11.4. The number of carbonyl (C=O) groups is 1. The molecule has 0 atom stereocenters. The van der Waals surface area contributed by atoms with Gasteiger partial charge in [0, 0.05) is 37.3 Å². The first-order valence-electron chi connectivity index (χ1n) is 8.74. The molecule has 1 amide bonds. The molecule has 0 saturated heterocycles. The lowest BCUT2D eigenvalue weighted by Gasteiger charge is -2.13. The van der Waals surface area contributed by atoms with Crippen LogP contribution in [0, 0.1) is 0 Å². The van der Waals surface area contributed by atoms with E-state index in [0.717, 1.165) is 22.8 Å². The van der Waals surface area contributed by atoms with Crippen molar-refractivity contribution in [2.75, 3.05) is 33.8 Å². The second-order valence-corrected chi connectivity index (χ2v) is 6.16. The first-order chi connectivity index (χ1) is 13.1. The molecule has 152 valence electrons. The Morgan fingerprint density at radius 3 is 2.29 bits per heavy atom. The van der Waals surface area contributed by atoms with Crippen molar-refractivity contribution in [3.05, 3.63) is 64.7 Å². The summed E-state index contributed by atoms with van der Waals surface area (Å²) in [6.45, 7) is 1.76. The molecule has 0 aliphatic heterocycles. The molecule has 3 N–H and O–H groups in total. The van der Waals surface area contributed by atoms with Gasteiger partial charge in [0.15, 0.2) is 5.96 Å². The lowest BCUT2D eigenvalue weighted by Crippen LogP contribution is -2.42. The molecule has 0 spiro atoms. The molecule has 8 heteroatoms. The van der Waals surface area contributed by atoms with Gasteiger partial charge in [-0.25, -0.2) is 0 Å². The van der Waals surface area contributed by atoms with Gasteiger partial charge in [0.1, 0.15) is 5.75 Å². The molecule has 2 rings (SSSR count). The van der Waals surface area contributed by atoms with Gasteiger partial charge in [0.2, 0.25) is 0 Å². The van der Waals surface area contributed by atoms with Gasteiger partial charge in [-0.3, -0.25) is 9.79 Å². The van der Waals surface area contributed by atoms with Gasteiger partial charge in [-0.2, -0.15) is 0 Å². The first kappa shape index (κ1) is 24.0. The Morgan fingerprint density at radius 2 is 1.64 bits per heavy atom. The SMILES string of the molecule is CN=C(NCCNC(=O)c1ccc(OC)cc1)NCCc1ccccc1Cl.I. The maximum atomic E-state index is 12.1. The minimum atomic E-state index is -0.124. The van der Waals surface area contributed by atoms with Gasteiger partial charge in [-0.15, -0.1) is 24.0 Å². The van der Waals surface area contributed by atoms with Crippen LogP contribution in [0.2, 0.25) is 5.02 Å². The van der Waals surface area contributed by atoms with Crippen molar-refractivity contribution in [2.45, 2.75) is 6.42 Å². The Labute approximate surface area is 188 Å². The van der Waals surface area contributed by atoms with Gasteiger partial charge >= 0.3 is 0 Å². The number of aliphatic imine (C=N–C) groups is 1. The topological polar surface area (TPSA) is 74.8 Å². The molecule has 2 aromatic rings. The molecule has 0 fully saturated rings. The summed E-state index contributed by atoms with van der Waals surface area (Å²) in [4.78, 5) is 16.3. The van der Waals surface area contributed by atoms with E-state index in [2.05, 4.69) is 20.9 Å². The summed E-state index contributed by atoms with van der Waals surface area (Å²) in [5.41, 5.74) is 1.69. The highest BCUT2D eigenvalue weighted by molar-refractivity contribution is 14.0. The number of methoxy groups -OCH3 is 1. The summed E-state index contributed by atoms with van der Waals surface area (Å²) in [7, 11) is 3.30. The molecule has 0 aromatic heterocycles. The second kappa shape index (κ2) is 13.2. The molecule has 0 radical (unpaired) electrons. The van der Waals surface area contributed by atoms with Crippen LogP contribution in [0.5, 0.6) is 5.75 Å². The number of hydrogen-bond donors (Lipinski definition) is 3. The molecule has 0 unspecified atom stereocenters. The first-order valence-corrected chi connectivity index (χ1v) is 9.12. The van der Waals surface area contributed by atoms with Crippen LogP contribution in [0.25, 0.3) is 0 Å². The summed E-state index contributed by atoms with van der Waals surface area (Å²) in [6, 6.07) is 14.8. The van der Waals surface area contributed by atoms with E-state index >= 15 is 0 Å². The van der Waals surface area contributed by atoms with Crippen LogP contribution in [0.4, 0.5) is 0 Å². The fourth-order valence-corrected chi connectivity index (χ4v) is 2.67. The standard InChI is InChI=1S/C20H25ClN4O2.HI/c1-22-20(24-12-11-15-5-3-4-6-18(15)21)25-14-13-23-19(26)16-7-9-17(27-2)10-8-16;/h3-10H,11-14H2,1-2H3,(H,23,26)(H2,22,24,25);1H. The second-order valence-electron chi connectivity index (χ2n) is 5.75. The van der Waals surface area contributed by atoms with E-state index in [1.165, 1.54) is 0 Å². The third kappa shape index (κ3) is 7.93. The van der Waals surface area contributed by atoms with Gasteiger partial charge in [0.25, 0.3) is 5.91 Å². The highest BCUT2D eigenvalue weighted by Gasteiger charge is 2.05. The van der Waals surface area contributed by atoms with Crippen molar-refractivity contribution in [1.29, 1.82) is 0 Å². The Hall–Kier alpha value is -2.00. The van der Waals surface area contributed by atoms with Crippen molar-refractivity contribution < 1.29 is 9.53 Å². The number of amides is 1. The van der Waals surface area contributed by atoms with Crippen molar-refractivity contribution in [3.8, 4) is 5.75 Å². The number of ether oxygens (including phenoxy) is 1. The smallest absolute Gasteiger partial charge is 0.251 e. The monoisotopic (exact) mass is 516 g/mol. The van der Waals surface area contributed by atoms with E-state index in [1.807, 2.05) is 24.3 Å². The van der Waals surface area contributed by atoms with Crippen LogP contribution in [0.15, 0.2) is 53.5 Å². The molecule has 0 bridgehead atoms. The average molecular weight is 517 g/mol. The van der Waals surface area contributed by atoms with Crippen LogP contribution in [-0.2, 0) is 6.42 Å². The van der Waals surface area contributed by atoms with E-state index in [1.54, 1.807) is 38.4 Å². The summed E-state index contributed by atoms with van der Waals surface area (Å²) in [6.07, 6.45) is 0.800. The van der Waals surface area contributed by atoms with Crippen LogP contribution >= 0.6 is 35.6 Å². The number of nitrogens with one attached hydrogen (secondary N) is 3. The lowest BCUT2D eigenvalue weighted by atomic mass is 10.1. The predicted molar refractivity (Wildman–Crippen MR) is 125 cm³/mol. The zero-order chi connectivity index (χ0) is 19.5. The summed E-state index contributed by atoms with van der Waals surface area (Å²) in [5.74, 6) is 1.28. The number of rotatable bonds is 8. The lowest BCUT2D eigenvalue weighted by molar-refractivity contribution is 0.0954. The fourth-order valence-electron chi connectivity index (χ4n) is 2.44. The molecule has 0 saturated carbocycles. The average Bonchev–Trinajstić information content (AvgIpc) is 2.71. The van der Waals surface area contributed by atoms with E-state index in [9.17, 15) is 4.79 Å². The van der Waals surface area contributed by atoms with Crippen molar-refractivity contribution in [3.63, 3.8) is 0 Å². The van der Waals surface area contributed by atoms with Crippen molar-refractivity contribution in [1.82, 2.24) is 16.0 Å². The summed E-state index contributed by atoms with van der Waals surface area (Å²) in [5, 5.41) is 10.0. The molecular weight excluding hydrogens is 491 g/mol. The fraction of sp³-hybridized carbons (Fsp3) is 0.300. The van der Waals surface area contributed by atoms with E-state index in [-0.39, 0.29) is 29.9 Å². The predicted octanol–water partition coefficient (Wildman–Crippen LogP) is 3.10. The van der Waals surface area contributed by atoms with Gasteiger partial charge in [0.05, 0.1) is 7.11 Å². The number of carbonyl (C=O) groups excluding carboxylic acids is 1. The Morgan fingerprint density at radius 1 is 1.00 bits per heavy atom. The van der Waals surface area contributed by atoms with E-state index < -0.39 is 0 Å². The minimum Gasteiger partial charge on any atom is -0.497 e. The highest BCUT2D eigenvalue weighted by atomic mass is 127. The summed E-state index contributed by atoms with van der Waals surface area (Å²) < 4.78 is 5.08. The quantitative estimate of drug-likeness (QED) is 0.218. The van der Waals surface area contributed by atoms with Crippen molar-refractivity contribution in [2.24, 2.45) is 4.99 Å². The van der Waals surface area contributed by atoms with Gasteiger partial charge in [-0.05, 0) is 42.3 Å². The molecule has 0 aliphatic rings. The van der Waals surface area contributed by atoms with Gasteiger partial charge < -0.3 is 20.7 Å². The third-order valence-corrected chi connectivity index (χ3v) is 4.29. The zero-order valence-corrected chi connectivity index (χ0v) is 19.1. The number of benzene rings is 2. The minimum absolute atomic E-state index is 0. The molecule has 6 nitrogen and oxygen atoms in total. The molecular formula is C20H26ClIN4O2. The molecule has 0 aliphatic carbocycles. The van der Waals surface area contributed by atoms with Crippen LogP contribution in [-0.4, -0.2) is 45.7 Å². The highest BCUT2D eigenvalue weighted by Crippen LogP contribution is 2.14. The normalized spacial score (nSPS) is 10.6. The van der Waals surface area contributed by atoms with E-state index in [4.69, 9.17) is 16.3 Å². The van der Waals surface area contributed by atoms with Crippen LogP contribution in [0.1, 0.15) is 15.9 Å². The molecule has 28 heavy (non-hydrogen) atoms. The van der Waals surface area contributed by atoms with Gasteiger partial charge in [-0.1, -0.05) is 29.8 Å². The van der Waals surface area contributed by atoms with E-state index in [0.29, 0.717) is 31.2 Å². The van der Waals surface area contributed by atoms with Crippen LogP contribution in [0.3, 0.4) is 0 Å². The maximum Gasteiger partial charge on any atom is 0.251 e. The molecule has 0 heterocycles. The number of nitrogens with zero attached hydrogens (tertiary/aromatic N) is 1. The Balaban J connectivity index is 0.00000392. The zero-order valence-electron chi connectivity index (χ0n) is 16.0.